The Balaban J connectivity index is 1.58. The first-order valence-corrected chi connectivity index (χ1v) is 6.05. The zero-order valence-corrected chi connectivity index (χ0v) is 10.1. The van der Waals surface area contributed by atoms with Crippen LogP contribution in [0.15, 0.2) is 12.1 Å². The van der Waals surface area contributed by atoms with E-state index in [-0.39, 0.29) is 6.10 Å². The number of nitrogens with one attached hydrogen (secondary N) is 1. The Hall–Kier alpha value is -1.71. The second kappa shape index (κ2) is 6.89. The molecule has 6 heteroatoms. The lowest BCUT2D eigenvalue weighted by Crippen LogP contribution is -2.15. The molecular formula is C12H16N4O2. The number of hydrogen-bond donors (Lipinski definition) is 1. The summed E-state index contributed by atoms with van der Waals surface area (Å²) in [6.07, 6.45) is 2.16. The lowest BCUT2D eigenvalue weighted by Gasteiger charge is -2.09. The maximum atomic E-state index is 8.58. The third-order valence-corrected chi connectivity index (χ3v) is 2.65. The van der Waals surface area contributed by atoms with Crippen LogP contribution >= 0.6 is 0 Å². The van der Waals surface area contributed by atoms with E-state index in [9.17, 15) is 0 Å². The lowest BCUT2D eigenvalue weighted by atomic mass is 10.3. The first-order valence-electron chi connectivity index (χ1n) is 6.05. The van der Waals surface area contributed by atoms with Gasteiger partial charge in [0, 0.05) is 19.8 Å². The predicted molar refractivity (Wildman–Crippen MR) is 65.0 cm³/mol. The van der Waals surface area contributed by atoms with Crippen molar-refractivity contribution >= 4 is 5.82 Å². The second-order valence-electron chi connectivity index (χ2n) is 4.05. The molecule has 1 aromatic heterocycles. The third kappa shape index (κ3) is 3.95. The minimum absolute atomic E-state index is 0.264. The van der Waals surface area contributed by atoms with Crippen molar-refractivity contribution in [2.24, 2.45) is 0 Å². The molecule has 1 aromatic rings. The molecule has 96 valence electrons. The quantitative estimate of drug-likeness (QED) is 0.755. The Morgan fingerprint density at radius 2 is 2.44 bits per heavy atom. The highest BCUT2D eigenvalue weighted by molar-refractivity contribution is 5.34. The van der Waals surface area contributed by atoms with E-state index >= 15 is 0 Å². The summed E-state index contributed by atoms with van der Waals surface area (Å²) in [5.41, 5.74) is 0.324. The summed E-state index contributed by atoms with van der Waals surface area (Å²) in [6.45, 7) is 3.01. The zero-order chi connectivity index (χ0) is 12.6. The second-order valence-corrected chi connectivity index (χ2v) is 4.05. The molecule has 1 atom stereocenters. The molecule has 1 aliphatic heterocycles. The van der Waals surface area contributed by atoms with Crippen LogP contribution in [0.1, 0.15) is 18.5 Å². The number of nitriles is 1. The minimum atomic E-state index is 0.264. The van der Waals surface area contributed by atoms with Gasteiger partial charge in [0.05, 0.1) is 12.7 Å². The number of nitrogens with zero attached hydrogens (tertiary/aromatic N) is 3. The first-order chi connectivity index (χ1) is 8.88. The number of hydrogen-bond acceptors (Lipinski definition) is 6. The normalized spacial score (nSPS) is 18.5. The van der Waals surface area contributed by atoms with Crippen LogP contribution in [0.5, 0.6) is 0 Å². The molecular weight excluding hydrogens is 232 g/mol. The molecule has 0 saturated carbocycles. The molecule has 6 nitrogen and oxygen atoms in total. The van der Waals surface area contributed by atoms with Crippen LogP contribution in [-0.2, 0) is 9.47 Å². The molecule has 0 aliphatic carbocycles. The van der Waals surface area contributed by atoms with E-state index in [1.807, 2.05) is 6.07 Å². The van der Waals surface area contributed by atoms with E-state index in [1.54, 1.807) is 12.1 Å². The highest BCUT2D eigenvalue weighted by atomic mass is 16.5. The van der Waals surface area contributed by atoms with Gasteiger partial charge in [0.1, 0.15) is 11.9 Å². The molecule has 1 saturated heterocycles. The molecule has 1 fully saturated rings. The largest absolute Gasteiger partial charge is 0.379 e. The predicted octanol–water partition coefficient (Wildman–Crippen LogP) is 0.956. The number of anilines is 1. The van der Waals surface area contributed by atoms with Crippen LogP contribution in [0.2, 0.25) is 0 Å². The standard InChI is InChI=1S/C12H16N4O2/c13-8-10-2-3-12(16-15-10)14-5-1-6-18-11-4-7-17-9-11/h2-3,11H,1,4-7,9H2,(H,14,16). The van der Waals surface area contributed by atoms with Gasteiger partial charge in [-0.1, -0.05) is 0 Å². The lowest BCUT2D eigenvalue weighted by molar-refractivity contribution is 0.0427. The van der Waals surface area contributed by atoms with E-state index < -0.39 is 0 Å². The number of aromatic nitrogens is 2. The van der Waals surface area contributed by atoms with Gasteiger partial charge in [-0.25, -0.2) is 0 Å². The van der Waals surface area contributed by atoms with Crippen LogP contribution in [0.3, 0.4) is 0 Å². The summed E-state index contributed by atoms with van der Waals surface area (Å²) in [5.74, 6) is 0.679. The fourth-order valence-corrected chi connectivity index (χ4v) is 1.67. The van der Waals surface area contributed by atoms with Crippen molar-refractivity contribution in [3.8, 4) is 6.07 Å². The average Bonchev–Trinajstić information content (AvgIpc) is 2.92. The molecule has 0 radical (unpaired) electrons. The Morgan fingerprint density at radius 3 is 3.11 bits per heavy atom. The Morgan fingerprint density at radius 1 is 1.50 bits per heavy atom. The van der Waals surface area contributed by atoms with Crippen LogP contribution in [0.25, 0.3) is 0 Å². The van der Waals surface area contributed by atoms with Crippen LogP contribution < -0.4 is 5.32 Å². The van der Waals surface area contributed by atoms with Crippen LogP contribution in [-0.4, -0.2) is 42.7 Å². The third-order valence-electron chi connectivity index (χ3n) is 2.65. The van der Waals surface area contributed by atoms with Crippen molar-refractivity contribution in [1.29, 1.82) is 5.26 Å². The SMILES string of the molecule is N#Cc1ccc(NCCCOC2CCOC2)nn1. The van der Waals surface area contributed by atoms with E-state index in [1.165, 1.54) is 0 Å². The van der Waals surface area contributed by atoms with Gasteiger partial charge >= 0.3 is 0 Å². The Labute approximate surface area is 106 Å². The molecule has 2 rings (SSSR count). The molecule has 1 unspecified atom stereocenters. The van der Waals surface area contributed by atoms with Crippen molar-refractivity contribution in [1.82, 2.24) is 10.2 Å². The molecule has 1 N–H and O–H groups in total. The molecule has 0 spiro atoms. The average molecular weight is 248 g/mol. The van der Waals surface area contributed by atoms with E-state index in [2.05, 4.69) is 15.5 Å². The van der Waals surface area contributed by atoms with Crippen molar-refractivity contribution in [3.05, 3.63) is 17.8 Å². The van der Waals surface area contributed by atoms with Gasteiger partial charge in [0.2, 0.25) is 0 Å². The van der Waals surface area contributed by atoms with Crippen molar-refractivity contribution in [2.75, 3.05) is 31.7 Å². The number of ether oxygens (including phenoxy) is 2. The summed E-state index contributed by atoms with van der Waals surface area (Å²) >= 11 is 0. The van der Waals surface area contributed by atoms with Crippen LogP contribution in [0, 0.1) is 11.3 Å². The summed E-state index contributed by atoms with van der Waals surface area (Å²) in [5, 5.41) is 19.3. The summed E-state index contributed by atoms with van der Waals surface area (Å²) in [6, 6.07) is 5.32. The highest BCUT2D eigenvalue weighted by Gasteiger charge is 2.15. The highest BCUT2D eigenvalue weighted by Crippen LogP contribution is 2.08. The smallest absolute Gasteiger partial charge is 0.163 e. The van der Waals surface area contributed by atoms with Gasteiger partial charge in [-0.2, -0.15) is 5.26 Å². The molecule has 1 aliphatic rings. The Kier molecular flexibility index (Phi) is 4.88. The fraction of sp³-hybridized carbons (Fsp3) is 0.583. The van der Waals surface area contributed by atoms with Gasteiger partial charge in [-0.15, -0.1) is 10.2 Å². The minimum Gasteiger partial charge on any atom is -0.379 e. The Bertz CT molecular complexity index is 396. The first kappa shape index (κ1) is 12.7. The van der Waals surface area contributed by atoms with Crippen molar-refractivity contribution in [3.63, 3.8) is 0 Å². The van der Waals surface area contributed by atoms with Gasteiger partial charge in [0.15, 0.2) is 5.69 Å². The van der Waals surface area contributed by atoms with Gasteiger partial charge in [0.25, 0.3) is 0 Å². The fourth-order valence-electron chi connectivity index (χ4n) is 1.67. The van der Waals surface area contributed by atoms with Gasteiger partial charge in [-0.3, -0.25) is 0 Å². The molecule has 0 amide bonds. The molecule has 2 heterocycles. The molecule has 0 aromatic carbocycles. The van der Waals surface area contributed by atoms with E-state index in [4.69, 9.17) is 14.7 Å². The van der Waals surface area contributed by atoms with E-state index in [0.717, 1.165) is 26.0 Å². The topological polar surface area (TPSA) is 80.1 Å². The van der Waals surface area contributed by atoms with Crippen LogP contribution in [0.4, 0.5) is 5.82 Å². The van der Waals surface area contributed by atoms with E-state index in [0.29, 0.717) is 24.7 Å². The van der Waals surface area contributed by atoms with Gasteiger partial charge < -0.3 is 14.8 Å². The number of rotatable bonds is 6. The zero-order valence-electron chi connectivity index (χ0n) is 10.1. The van der Waals surface area contributed by atoms with Gasteiger partial charge in [-0.05, 0) is 25.0 Å². The molecule has 18 heavy (non-hydrogen) atoms. The summed E-state index contributed by atoms with van der Waals surface area (Å²) in [4.78, 5) is 0. The monoisotopic (exact) mass is 248 g/mol. The van der Waals surface area contributed by atoms with Crippen molar-refractivity contribution < 1.29 is 9.47 Å². The molecule has 0 bridgehead atoms. The summed E-state index contributed by atoms with van der Waals surface area (Å²) in [7, 11) is 0. The van der Waals surface area contributed by atoms with Crippen molar-refractivity contribution in [2.45, 2.75) is 18.9 Å². The maximum Gasteiger partial charge on any atom is 0.163 e. The maximum absolute atomic E-state index is 8.58. The summed E-state index contributed by atoms with van der Waals surface area (Å²) < 4.78 is 10.9.